The fourth-order valence-corrected chi connectivity index (χ4v) is 3.43. The fraction of sp³-hybridized carbons (Fsp3) is 0.500. The molecule has 4 heteroatoms. The topological polar surface area (TPSA) is 49.3 Å². The van der Waals surface area contributed by atoms with Crippen molar-refractivity contribution < 1.29 is 9.90 Å². The summed E-state index contributed by atoms with van der Waals surface area (Å²) in [6, 6.07) is 6.12. The van der Waals surface area contributed by atoms with Crippen LogP contribution in [-0.2, 0) is 10.2 Å². The number of nitrogens with one attached hydrogen (secondary N) is 1. The summed E-state index contributed by atoms with van der Waals surface area (Å²) in [5, 5.41) is 12.4. The van der Waals surface area contributed by atoms with E-state index in [1.54, 1.807) is 11.8 Å². The lowest BCUT2D eigenvalue weighted by atomic mass is 9.96. The van der Waals surface area contributed by atoms with Gasteiger partial charge in [-0.3, -0.25) is 4.79 Å². The van der Waals surface area contributed by atoms with Crippen molar-refractivity contribution in [2.75, 3.05) is 11.9 Å². The van der Waals surface area contributed by atoms with Gasteiger partial charge in [0.25, 0.3) is 0 Å². The molecule has 3 rings (SSSR count). The lowest BCUT2D eigenvalue weighted by Crippen LogP contribution is -2.37. The maximum atomic E-state index is 11.9. The molecule has 0 radical (unpaired) electrons. The second kappa shape index (κ2) is 3.75. The molecule has 1 amide bonds. The monoisotopic (exact) mass is 263 g/mol. The molecule has 1 fully saturated rings. The zero-order valence-electron chi connectivity index (χ0n) is 10.6. The third-order valence-corrected chi connectivity index (χ3v) is 5.16. The summed E-state index contributed by atoms with van der Waals surface area (Å²) in [5.74, 6) is 0.0519. The summed E-state index contributed by atoms with van der Waals surface area (Å²) in [7, 11) is 0. The number of aliphatic hydroxyl groups excluding tert-OH is 1. The Bertz CT molecular complexity index is 521. The molecule has 0 atom stereocenters. The molecule has 96 valence electrons. The summed E-state index contributed by atoms with van der Waals surface area (Å²) in [5.41, 5.74) is 2.08. The van der Waals surface area contributed by atoms with Crippen molar-refractivity contribution in [1.29, 1.82) is 0 Å². The first-order chi connectivity index (χ1) is 8.47. The van der Waals surface area contributed by atoms with Crippen LogP contribution in [0.15, 0.2) is 23.1 Å². The first-order valence-electron chi connectivity index (χ1n) is 6.23. The van der Waals surface area contributed by atoms with Crippen LogP contribution in [0.5, 0.6) is 0 Å². The van der Waals surface area contributed by atoms with E-state index >= 15 is 0 Å². The number of amides is 1. The summed E-state index contributed by atoms with van der Waals surface area (Å²) in [4.78, 5) is 13.0. The average molecular weight is 263 g/mol. The minimum absolute atomic E-state index is 0.0127. The molecule has 0 spiro atoms. The average Bonchev–Trinajstić information content (AvgIpc) is 3.10. The third-order valence-electron chi connectivity index (χ3n) is 3.91. The quantitative estimate of drug-likeness (QED) is 0.862. The highest BCUT2D eigenvalue weighted by Crippen LogP contribution is 2.50. The van der Waals surface area contributed by atoms with E-state index in [0.29, 0.717) is 0 Å². The van der Waals surface area contributed by atoms with Gasteiger partial charge in [0.1, 0.15) is 0 Å². The van der Waals surface area contributed by atoms with E-state index in [9.17, 15) is 9.90 Å². The van der Waals surface area contributed by atoms with Crippen LogP contribution in [-0.4, -0.2) is 22.4 Å². The fourth-order valence-electron chi connectivity index (χ4n) is 2.32. The largest absolute Gasteiger partial charge is 0.395 e. The second-order valence-corrected chi connectivity index (χ2v) is 7.38. The molecule has 1 aliphatic heterocycles. The van der Waals surface area contributed by atoms with Gasteiger partial charge in [0.15, 0.2) is 0 Å². The lowest BCUT2D eigenvalue weighted by Gasteiger charge is -2.30. The van der Waals surface area contributed by atoms with Gasteiger partial charge in [0, 0.05) is 10.3 Å². The first-order valence-corrected chi connectivity index (χ1v) is 7.04. The molecule has 3 nitrogen and oxygen atoms in total. The number of anilines is 1. The highest BCUT2D eigenvalue weighted by Gasteiger charge is 2.44. The highest BCUT2D eigenvalue weighted by molar-refractivity contribution is 8.01. The van der Waals surface area contributed by atoms with Gasteiger partial charge in [-0.25, -0.2) is 0 Å². The normalized spacial score (nSPS) is 23.2. The van der Waals surface area contributed by atoms with E-state index in [2.05, 4.69) is 11.4 Å². The van der Waals surface area contributed by atoms with Crippen LogP contribution in [0.1, 0.15) is 32.3 Å². The predicted molar refractivity (Wildman–Crippen MR) is 73.0 cm³/mol. The maximum Gasteiger partial charge on any atom is 0.240 e. The van der Waals surface area contributed by atoms with Crippen LogP contribution in [0.2, 0.25) is 0 Å². The number of carbonyl (C=O) groups is 1. The minimum atomic E-state index is -0.429. The third kappa shape index (κ3) is 1.75. The smallest absolute Gasteiger partial charge is 0.240 e. The Hall–Kier alpha value is -1.00. The standard InChI is InChI=1S/C14H17NO2S/c1-13(2)12(17)15-10-4-3-9(7-11(10)18-13)14(8-16)5-6-14/h3-4,7,16H,5-6,8H2,1-2H3,(H,15,17). The van der Waals surface area contributed by atoms with Gasteiger partial charge in [-0.1, -0.05) is 6.07 Å². The predicted octanol–water partition coefficient (Wildman–Crippen LogP) is 2.53. The molecule has 2 N–H and O–H groups in total. The van der Waals surface area contributed by atoms with E-state index < -0.39 is 4.75 Å². The summed E-state index contributed by atoms with van der Waals surface area (Å²) in [6.07, 6.45) is 2.12. The molecule has 1 saturated carbocycles. The number of carbonyl (C=O) groups excluding carboxylic acids is 1. The molecular weight excluding hydrogens is 246 g/mol. The van der Waals surface area contributed by atoms with Crippen LogP contribution >= 0.6 is 11.8 Å². The Morgan fingerprint density at radius 1 is 1.39 bits per heavy atom. The van der Waals surface area contributed by atoms with Crippen molar-refractivity contribution in [3.63, 3.8) is 0 Å². The Balaban J connectivity index is 1.99. The van der Waals surface area contributed by atoms with E-state index in [1.807, 2.05) is 26.0 Å². The Morgan fingerprint density at radius 3 is 2.72 bits per heavy atom. The van der Waals surface area contributed by atoms with Gasteiger partial charge in [0.2, 0.25) is 5.91 Å². The van der Waals surface area contributed by atoms with E-state index in [4.69, 9.17) is 0 Å². The van der Waals surface area contributed by atoms with Gasteiger partial charge in [-0.2, -0.15) is 0 Å². The van der Waals surface area contributed by atoms with Crippen molar-refractivity contribution >= 4 is 23.4 Å². The second-order valence-electron chi connectivity index (χ2n) is 5.72. The van der Waals surface area contributed by atoms with Crippen LogP contribution in [0.4, 0.5) is 5.69 Å². The first kappa shape index (κ1) is 12.1. The summed E-state index contributed by atoms with van der Waals surface area (Å²) >= 11 is 1.60. The van der Waals surface area contributed by atoms with Crippen LogP contribution in [0.3, 0.4) is 0 Å². The number of benzene rings is 1. The zero-order chi connectivity index (χ0) is 13.0. The molecule has 1 aromatic rings. The van der Waals surface area contributed by atoms with Gasteiger partial charge >= 0.3 is 0 Å². The number of rotatable bonds is 2. The highest BCUT2D eigenvalue weighted by atomic mass is 32.2. The summed E-state index contributed by atoms with van der Waals surface area (Å²) in [6.45, 7) is 4.08. The number of thioether (sulfide) groups is 1. The number of hydrogen-bond donors (Lipinski definition) is 2. The molecule has 1 aliphatic carbocycles. The molecule has 0 unspecified atom stereocenters. The SMILES string of the molecule is CC1(C)Sc2cc(C3(CO)CC3)ccc2NC1=O. The Kier molecular flexibility index (Phi) is 2.51. The lowest BCUT2D eigenvalue weighted by molar-refractivity contribution is -0.117. The molecule has 1 heterocycles. The van der Waals surface area contributed by atoms with Gasteiger partial charge in [-0.15, -0.1) is 11.8 Å². The Labute approximate surface area is 111 Å². The Morgan fingerprint density at radius 2 is 2.11 bits per heavy atom. The number of aliphatic hydroxyl groups is 1. The molecular formula is C14H17NO2S. The van der Waals surface area contributed by atoms with Crippen LogP contribution < -0.4 is 5.32 Å². The van der Waals surface area contributed by atoms with Crippen molar-refractivity contribution in [2.24, 2.45) is 0 Å². The molecule has 0 saturated heterocycles. The minimum Gasteiger partial charge on any atom is -0.395 e. The van der Waals surface area contributed by atoms with Crippen molar-refractivity contribution in [3.05, 3.63) is 23.8 Å². The van der Waals surface area contributed by atoms with Gasteiger partial charge < -0.3 is 10.4 Å². The van der Waals surface area contributed by atoms with Crippen LogP contribution in [0.25, 0.3) is 0 Å². The molecule has 1 aromatic carbocycles. The number of fused-ring (bicyclic) bond motifs is 1. The van der Waals surface area contributed by atoms with Crippen molar-refractivity contribution in [3.8, 4) is 0 Å². The molecule has 18 heavy (non-hydrogen) atoms. The molecule has 0 aromatic heterocycles. The van der Waals surface area contributed by atoms with E-state index in [0.717, 1.165) is 23.4 Å². The van der Waals surface area contributed by atoms with Crippen molar-refractivity contribution in [2.45, 2.75) is 41.7 Å². The van der Waals surface area contributed by atoms with Gasteiger partial charge in [-0.05, 0) is 44.4 Å². The number of hydrogen-bond acceptors (Lipinski definition) is 3. The molecule has 0 bridgehead atoms. The van der Waals surface area contributed by atoms with Crippen LogP contribution in [0, 0.1) is 0 Å². The van der Waals surface area contributed by atoms with E-state index in [-0.39, 0.29) is 17.9 Å². The van der Waals surface area contributed by atoms with Gasteiger partial charge in [0.05, 0.1) is 17.0 Å². The van der Waals surface area contributed by atoms with E-state index in [1.165, 1.54) is 5.56 Å². The zero-order valence-corrected chi connectivity index (χ0v) is 11.4. The maximum absolute atomic E-state index is 11.9. The van der Waals surface area contributed by atoms with Crippen molar-refractivity contribution in [1.82, 2.24) is 0 Å². The molecule has 2 aliphatic rings. The summed E-state index contributed by atoms with van der Waals surface area (Å²) < 4.78 is -0.429.